The number of aromatic nitrogens is 2. The molecule has 1 N–H and O–H groups in total. The number of nitrogens with zero attached hydrogens (tertiary/aromatic N) is 2. The Labute approximate surface area is 145 Å². The highest BCUT2D eigenvalue weighted by atomic mass is 32.2. The second-order valence-corrected chi connectivity index (χ2v) is 6.37. The molecule has 3 rings (SSSR count). The van der Waals surface area contributed by atoms with Gasteiger partial charge < -0.3 is 5.32 Å². The predicted molar refractivity (Wildman–Crippen MR) is 97.4 cm³/mol. The molecular weight excluding hydrogens is 318 g/mol. The standard InChI is InChI=1S/C19H19N3OS/c23-19(15-24-18-5-2-1-3-6-18)20-13-11-16-7-9-17(10-8-16)22-14-4-12-21-22/h1-10,12,14H,11,13,15H2,(H,20,23). The topological polar surface area (TPSA) is 46.9 Å². The normalized spacial score (nSPS) is 10.5. The van der Waals surface area contributed by atoms with E-state index < -0.39 is 0 Å². The quantitative estimate of drug-likeness (QED) is 0.673. The van der Waals surface area contributed by atoms with Gasteiger partial charge in [0.2, 0.25) is 5.91 Å². The smallest absolute Gasteiger partial charge is 0.230 e. The molecule has 1 aromatic heterocycles. The third kappa shape index (κ3) is 4.73. The summed E-state index contributed by atoms with van der Waals surface area (Å²) >= 11 is 1.55. The van der Waals surface area contributed by atoms with Gasteiger partial charge in [-0.25, -0.2) is 4.68 Å². The van der Waals surface area contributed by atoms with Crippen molar-refractivity contribution in [2.45, 2.75) is 11.3 Å². The van der Waals surface area contributed by atoms with Crippen LogP contribution in [-0.2, 0) is 11.2 Å². The Morgan fingerprint density at radius 3 is 2.54 bits per heavy atom. The zero-order valence-electron chi connectivity index (χ0n) is 13.3. The van der Waals surface area contributed by atoms with E-state index in [0.29, 0.717) is 12.3 Å². The highest BCUT2D eigenvalue weighted by molar-refractivity contribution is 8.00. The number of hydrogen-bond donors (Lipinski definition) is 1. The van der Waals surface area contributed by atoms with Crippen molar-refractivity contribution in [1.82, 2.24) is 15.1 Å². The lowest BCUT2D eigenvalue weighted by atomic mass is 10.1. The summed E-state index contributed by atoms with van der Waals surface area (Å²) in [5.41, 5.74) is 2.23. The molecule has 4 nitrogen and oxygen atoms in total. The molecule has 0 aliphatic heterocycles. The average molecular weight is 337 g/mol. The molecule has 1 heterocycles. The van der Waals surface area contributed by atoms with Crippen molar-refractivity contribution in [3.8, 4) is 5.69 Å². The van der Waals surface area contributed by atoms with Gasteiger partial charge in [-0.1, -0.05) is 30.3 Å². The Morgan fingerprint density at radius 2 is 1.83 bits per heavy atom. The first kappa shape index (κ1) is 16.3. The van der Waals surface area contributed by atoms with Gasteiger partial charge in [-0.3, -0.25) is 4.79 Å². The Hall–Kier alpha value is -2.53. The van der Waals surface area contributed by atoms with Crippen LogP contribution in [0, 0.1) is 0 Å². The second kappa shape index (κ2) is 8.36. The van der Waals surface area contributed by atoms with Crippen LogP contribution in [0.4, 0.5) is 0 Å². The van der Waals surface area contributed by atoms with Gasteiger partial charge in [-0.15, -0.1) is 11.8 Å². The van der Waals surface area contributed by atoms with Crippen molar-refractivity contribution in [2.24, 2.45) is 0 Å². The number of amides is 1. The summed E-state index contributed by atoms with van der Waals surface area (Å²) in [7, 11) is 0. The summed E-state index contributed by atoms with van der Waals surface area (Å²) in [5.74, 6) is 0.513. The van der Waals surface area contributed by atoms with Crippen LogP contribution in [0.15, 0.2) is 78.0 Å². The summed E-state index contributed by atoms with van der Waals surface area (Å²) in [6.45, 7) is 0.648. The summed E-state index contributed by atoms with van der Waals surface area (Å²) in [4.78, 5) is 13.0. The molecule has 1 amide bonds. The molecule has 122 valence electrons. The Morgan fingerprint density at radius 1 is 1.04 bits per heavy atom. The van der Waals surface area contributed by atoms with Gasteiger partial charge in [0.15, 0.2) is 0 Å². The van der Waals surface area contributed by atoms with Crippen molar-refractivity contribution in [3.05, 3.63) is 78.6 Å². The van der Waals surface area contributed by atoms with E-state index in [1.54, 1.807) is 18.0 Å². The molecule has 0 bridgehead atoms. The van der Waals surface area contributed by atoms with Gasteiger partial charge in [-0.05, 0) is 42.3 Å². The number of nitrogens with one attached hydrogen (secondary N) is 1. The minimum absolute atomic E-state index is 0.0667. The average Bonchev–Trinajstić information content (AvgIpc) is 3.16. The van der Waals surface area contributed by atoms with Gasteiger partial charge in [0.05, 0.1) is 11.4 Å². The fraction of sp³-hybridized carbons (Fsp3) is 0.158. The molecular formula is C19H19N3OS. The molecule has 0 fully saturated rings. The lowest BCUT2D eigenvalue weighted by Crippen LogP contribution is -2.27. The van der Waals surface area contributed by atoms with Crippen LogP contribution in [0.5, 0.6) is 0 Å². The molecule has 2 aromatic carbocycles. The molecule has 0 atom stereocenters. The van der Waals surface area contributed by atoms with E-state index in [9.17, 15) is 4.79 Å². The van der Waals surface area contributed by atoms with E-state index in [-0.39, 0.29) is 5.91 Å². The minimum Gasteiger partial charge on any atom is -0.355 e. The molecule has 0 saturated heterocycles. The molecule has 0 aliphatic carbocycles. The maximum absolute atomic E-state index is 11.9. The summed E-state index contributed by atoms with van der Waals surface area (Å²) in [6.07, 6.45) is 4.50. The molecule has 24 heavy (non-hydrogen) atoms. The molecule has 0 spiro atoms. The Balaban J connectivity index is 1.40. The summed E-state index contributed by atoms with van der Waals surface area (Å²) < 4.78 is 1.83. The fourth-order valence-electron chi connectivity index (χ4n) is 2.30. The van der Waals surface area contributed by atoms with Gasteiger partial charge in [0.25, 0.3) is 0 Å². The van der Waals surface area contributed by atoms with Crippen LogP contribution in [0.3, 0.4) is 0 Å². The van der Waals surface area contributed by atoms with Crippen molar-refractivity contribution in [1.29, 1.82) is 0 Å². The highest BCUT2D eigenvalue weighted by Crippen LogP contribution is 2.16. The van der Waals surface area contributed by atoms with Crippen LogP contribution in [0.1, 0.15) is 5.56 Å². The van der Waals surface area contributed by atoms with Gasteiger partial charge in [-0.2, -0.15) is 5.10 Å². The molecule has 0 radical (unpaired) electrons. The molecule has 5 heteroatoms. The Bertz CT molecular complexity index is 755. The number of carbonyl (C=O) groups is 1. The first-order valence-corrected chi connectivity index (χ1v) is 8.83. The number of thioether (sulfide) groups is 1. The second-order valence-electron chi connectivity index (χ2n) is 5.32. The van der Waals surface area contributed by atoms with E-state index in [0.717, 1.165) is 17.0 Å². The minimum atomic E-state index is 0.0667. The van der Waals surface area contributed by atoms with Gasteiger partial charge >= 0.3 is 0 Å². The van der Waals surface area contributed by atoms with Crippen LogP contribution in [-0.4, -0.2) is 28.0 Å². The maximum Gasteiger partial charge on any atom is 0.230 e. The number of carbonyl (C=O) groups excluding carboxylic acids is 1. The van der Waals surface area contributed by atoms with E-state index in [4.69, 9.17) is 0 Å². The van der Waals surface area contributed by atoms with Crippen LogP contribution >= 0.6 is 11.8 Å². The van der Waals surface area contributed by atoms with Crippen molar-refractivity contribution < 1.29 is 4.79 Å². The van der Waals surface area contributed by atoms with Crippen LogP contribution < -0.4 is 5.32 Å². The summed E-state index contributed by atoms with van der Waals surface area (Å²) in [6, 6.07) is 20.1. The third-order valence-corrected chi connectivity index (χ3v) is 4.57. The first-order valence-electron chi connectivity index (χ1n) is 7.85. The summed E-state index contributed by atoms with van der Waals surface area (Å²) in [5, 5.41) is 7.17. The van der Waals surface area contributed by atoms with Crippen molar-refractivity contribution in [3.63, 3.8) is 0 Å². The third-order valence-electron chi connectivity index (χ3n) is 3.55. The zero-order valence-corrected chi connectivity index (χ0v) is 14.1. The van der Waals surface area contributed by atoms with Crippen molar-refractivity contribution >= 4 is 17.7 Å². The lowest BCUT2D eigenvalue weighted by Gasteiger charge is -2.07. The van der Waals surface area contributed by atoms with E-state index in [1.807, 2.05) is 59.4 Å². The number of hydrogen-bond acceptors (Lipinski definition) is 3. The number of benzene rings is 2. The van der Waals surface area contributed by atoms with Gasteiger partial charge in [0.1, 0.15) is 0 Å². The van der Waals surface area contributed by atoms with Gasteiger partial charge in [0, 0.05) is 23.8 Å². The first-order chi connectivity index (χ1) is 11.8. The predicted octanol–water partition coefficient (Wildman–Crippen LogP) is 3.32. The largest absolute Gasteiger partial charge is 0.355 e. The Kier molecular flexibility index (Phi) is 5.69. The highest BCUT2D eigenvalue weighted by Gasteiger charge is 2.03. The molecule has 3 aromatic rings. The van der Waals surface area contributed by atoms with E-state index >= 15 is 0 Å². The van der Waals surface area contributed by atoms with E-state index in [1.165, 1.54) is 5.56 Å². The number of rotatable bonds is 7. The molecule has 0 saturated carbocycles. The fourth-order valence-corrected chi connectivity index (χ4v) is 3.05. The van der Waals surface area contributed by atoms with E-state index in [2.05, 4.69) is 22.5 Å². The van der Waals surface area contributed by atoms with Crippen LogP contribution in [0.25, 0.3) is 5.69 Å². The monoisotopic (exact) mass is 337 g/mol. The zero-order chi connectivity index (χ0) is 16.6. The SMILES string of the molecule is O=C(CSc1ccccc1)NCCc1ccc(-n2cccn2)cc1. The van der Waals surface area contributed by atoms with Crippen molar-refractivity contribution in [2.75, 3.05) is 12.3 Å². The molecule has 0 unspecified atom stereocenters. The van der Waals surface area contributed by atoms with Crippen LogP contribution in [0.2, 0.25) is 0 Å². The molecule has 0 aliphatic rings. The lowest BCUT2D eigenvalue weighted by molar-refractivity contribution is -0.118. The maximum atomic E-state index is 11.9.